The van der Waals surface area contributed by atoms with Gasteiger partial charge in [0, 0.05) is 23.6 Å². The number of carbonyl (C=O) groups is 2. The van der Waals surface area contributed by atoms with Crippen LogP contribution in [-0.2, 0) is 0 Å². The Balaban J connectivity index is 1.44. The molecule has 3 aromatic rings. The molecular formula is C23H21N3O3. The molecule has 1 atom stereocenters. The first-order valence-corrected chi connectivity index (χ1v) is 10.1. The van der Waals surface area contributed by atoms with E-state index in [0.717, 1.165) is 31.5 Å². The van der Waals surface area contributed by atoms with Gasteiger partial charge in [-0.1, -0.05) is 53.7 Å². The summed E-state index contributed by atoms with van der Waals surface area (Å²) in [5, 5.41) is 4.10. The van der Waals surface area contributed by atoms with Crippen molar-refractivity contribution in [3.63, 3.8) is 0 Å². The summed E-state index contributed by atoms with van der Waals surface area (Å²) >= 11 is 0. The van der Waals surface area contributed by atoms with E-state index in [9.17, 15) is 9.59 Å². The molecule has 2 aliphatic rings. The molecule has 146 valence electrons. The second kappa shape index (κ2) is 7.28. The largest absolute Gasteiger partial charge is 0.337 e. The highest BCUT2D eigenvalue weighted by atomic mass is 16.5. The van der Waals surface area contributed by atoms with Crippen molar-refractivity contribution in [1.82, 2.24) is 15.0 Å². The second-order valence-electron chi connectivity index (χ2n) is 7.66. The molecule has 1 saturated heterocycles. The zero-order valence-electron chi connectivity index (χ0n) is 16.0. The normalized spacial score (nSPS) is 18.8. The van der Waals surface area contributed by atoms with Crippen LogP contribution in [0.15, 0.2) is 59.1 Å². The molecule has 0 spiro atoms. The zero-order chi connectivity index (χ0) is 19.8. The van der Waals surface area contributed by atoms with E-state index >= 15 is 0 Å². The van der Waals surface area contributed by atoms with Gasteiger partial charge >= 0.3 is 0 Å². The number of benzene rings is 2. The van der Waals surface area contributed by atoms with Crippen molar-refractivity contribution in [3.05, 3.63) is 83.0 Å². The average molecular weight is 387 g/mol. The summed E-state index contributed by atoms with van der Waals surface area (Å²) in [6.07, 6.45) is 3.85. The Morgan fingerprint density at radius 1 is 0.931 bits per heavy atom. The molecule has 0 N–H and O–H groups in total. The summed E-state index contributed by atoms with van der Waals surface area (Å²) in [7, 11) is 0. The first kappa shape index (κ1) is 17.8. The lowest BCUT2D eigenvalue weighted by Gasteiger charge is -2.23. The van der Waals surface area contributed by atoms with E-state index in [2.05, 4.69) is 10.1 Å². The highest BCUT2D eigenvalue weighted by Gasteiger charge is 2.37. The zero-order valence-corrected chi connectivity index (χ0v) is 16.0. The first-order chi connectivity index (χ1) is 14.2. The van der Waals surface area contributed by atoms with Gasteiger partial charge in [-0.15, -0.1) is 0 Å². The molecule has 1 saturated carbocycles. The topological polar surface area (TPSA) is 76.3 Å². The van der Waals surface area contributed by atoms with Crippen molar-refractivity contribution >= 4 is 11.7 Å². The number of nitrogens with zero attached hydrogens (tertiary/aromatic N) is 3. The van der Waals surface area contributed by atoms with Crippen molar-refractivity contribution in [1.29, 1.82) is 0 Å². The molecule has 1 aromatic heterocycles. The Labute approximate surface area is 168 Å². The SMILES string of the molecule is O=C(c1ccccc1)c1ccccc1C(=O)N1CCCC1c1nc(C2CC2)no1. The molecule has 2 aromatic carbocycles. The first-order valence-electron chi connectivity index (χ1n) is 10.1. The van der Waals surface area contributed by atoms with Gasteiger partial charge in [0.15, 0.2) is 11.6 Å². The monoisotopic (exact) mass is 387 g/mol. The van der Waals surface area contributed by atoms with Gasteiger partial charge in [0.25, 0.3) is 5.91 Å². The molecule has 6 heteroatoms. The summed E-state index contributed by atoms with van der Waals surface area (Å²) in [6.45, 7) is 0.610. The molecule has 5 rings (SSSR count). The highest BCUT2D eigenvalue weighted by molar-refractivity contribution is 6.15. The fourth-order valence-electron chi connectivity index (χ4n) is 3.92. The van der Waals surface area contributed by atoms with Crippen LogP contribution in [0, 0.1) is 0 Å². The van der Waals surface area contributed by atoms with Crippen molar-refractivity contribution < 1.29 is 14.1 Å². The maximum absolute atomic E-state index is 13.4. The molecule has 1 unspecified atom stereocenters. The number of likely N-dealkylation sites (tertiary alicyclic amines) is 1. The standard InChI is InChI=1S/C23H21N3O3/c27-20(15-7-2-1-3-8-15)17-9-4-5-10-18(17)23(28)26-14-6-11-19(26)22-24-21(25-29-22)16-12-13-16/h1-5,7-10,16,19H,6,11-14H2. The Morgan fingerprint density at radius 2 is 1.66 bits per heavy atom. The number of rotatable bonds is 5. The number of carbonyl (C=O) groups excluding carboxylic acids is 2. The Hall–Kier alpha value is -3.28. The number of hydrogen-bond donors (Lipinski definition) is 0. The van der Waals surface area contributed by atoms with Crippen molar-refractivity contribution in [2.45, 2.75) is 37.6 Å². The summed E-state index contributed by atoms with van der Waals surface area (Å²) in [5.41, 5.74) is 1.39. The van der Waals surface area contributed by atoms with Crippen molar-refractivity contribution in [3.8, 4) is 0 Å². The van der Waals surface area contributed by atoms with E-state index in [0.29, 0.717) is 35.0 Å². The molecule has 6 nitrogen and oxygen atoms in total. The minimum atomic E-state index is -0.234. The van der Waals surface area contributed by atoms with E-state index in [1.165, 1.54) is 0 Å². The van der Waals surface area contributed by atoms with Crippen LogP contribution in [0.5, 0.6) is 0 Å². The number of hydrogen-bond acceptors (Lipinski definition) is 5. The van der Waals surface area contributed by atoms with Crippen LogP contribution in [0.3, 0.4) is 0 Å². The van der Waals surface area contributed by atoms with Gasteiger partial charge in [-0.25, -0.2) is 0 Å². The summed E-state index contributed by atoms with van der Waals surface area (Å²) in [5.74, 6) is 1.34. The molecule has 0 bridgehead atoms. The Bertz CT molecular complexity index is 1060. The summed E-state index contributed by atoms with van der Waals surface area (Å²) in [6, 6.07) is 15.8. The molecule has 0 radical (unpaired) electrons. The third kappa shape index (κ3) is 3.35. The van der Waals surface area contributed by atoms with E-state index in [1.54, 1.807) is 41.3 Å². The van der Waals surface area contributed by atoms with Crippen LogP contribution < -0.4 is 0 Å². The predicted octanol–water partition coefficient (Wildman–Crippen LogP) is 4.16. The van der Waals surface area contributed by atoms with Gasteiger partial charge in [-0.3, -0.25) is 9.59 Å². The van der Waals surface area contributed by atoms with Crippen LogP contribution in [0.2, 0.25) is 0 Å². The van der Waals surface area contributed by atoms with Gasteiger partial charge in [0.1, 0.15) is 6.04 Å². The third-order valence-corrected chi connectivity index (χ3v) is 5.64. The Morgan fingerprint density at radius 3 is 2.41 bits per heavy atom. The van der Waals surface area contributed by atoms with Crippen LogP contribution in [0.1, 0.15) is 75.6 Å². The van der Waals surface area contributed by atoms with Gasteiger partial charge in [0.2, 0.25) is 5.89 Å². The van der Waals surface area contributed by atoms with Crippen molar-refractivity contribution in [2.24, 2.45) is 0 Å². The summed E-state index contributed by atoms with van der Waals surface area (Å²) in [4.78, 5) is 32.7. The average Bonchev–Trinajstić information content (AvgIpc) is 3.30. The Kier molecular flexibility index (Phi) is 4.46. The minimum absolute atomic E-state index is 0.154. The lowest BCUT2D eigenvalue weighted by Crippen LogP contribution is -2.32. The number of ketones is 1. The van der Waals surface area contributed by atoms with Gasteiger partial charge in [-0.05, 0) is 31.7 Å². The lowest BCUT2D eigenvalue weighted by atomic mass is 9.97. The highest BCUT2D eigenvalue weighted by Crippen LogP contribution is 2.40. The number of aromatic nitrogens is 2. The molecule has 29 heavy (non-hydrogen) atoms. The maximum atomic E-state index is 13.4. The van der Waals surface area contributed by atoms with Crippen molar-refractivity contribution in [2.75, 3.05) is 6.54 Å². The van der Waals surface area contributed by atoms with E-state index < -0.39 is 0 Å². The molecular weight excluding hydrogens is 366 g/mol. The fraction of sp³-hybridized carbons (Fsp3) is 0.304. The van der Waals surface area contributed by atoms with Crippen LogP contribution in [0.4, 0.5) is 0 Å². The number of amides is 1. The fourth-order valence-corrected chi connectivity index (χ4v) is 3.92. The maximum Gasteiger partial charge on any atom is 0.255 e. The summed E-state index contributed by atoms with van der Waals surface area (Å²) < 4.78 is 5.49. The lowest BCUT2D eigenvalue weighted by molar-refractivity contribution is 0.0706. The van der Waals surface area contributed by atoms with Crippen LogP contribution >= 0.6 is 0 Å². The predicted molar refractivity (Wildman–Crippen MR) is 106 cm³/mol. The quantitative estimate of drug-likeness (QED) is 0.615. The smallest absolute Gasteiger partial charge is 0.255 e. The van der Waals surface area contributed by atoms with E-state index in [1.807, 2.05) is 18.2 Å². The van der Waals surface area contributed by atoms with Crippen LogP contribution in [-0.4, -0.2) is 33.3 Å². The molecule has 1 amide bonds. The third-order valence-electron chi connectivity index (χ3n) is 5.64. The molecule has 2 fully saturated rings. The van der Waals surface area contributed by atoms with Gasteiger partial charge < -0.3 is 9.42 Å². The molecule has 1 aliphatic carbocycles. The van der Waals surface area contributed by atoms with Gasteiger partial charge in [0.05, 0.1) is 5.56 Å². The second-order valence-corrected chi connectivity index (χ2v) is 7.66. The minimum Gasteiger partial charge on any atom is -0.337 e. The van der Waals surface area contributed by atoms with Gasteiger partial charge in [-0.2, -0.15) is 4.98 Å². The molecule has 1 aliphatic heterocycles. The van der Waals surface area contributed by atoms with Crippen LogP contribution in [0.25, 0.3) is 0 Å². The van der Waals surface area contributed by atoms with E-state index in [-0.39, 0.29) is 17.7 Å². The van der Waals surface area contributed by atoms with E-state index in [4.69, 9.17) is 4.52 Å². The molecule has 2 heterocycles.